The number of fused-ring (bicyclic) bond motifs is 15. The molecule has 0 spiro atoms. The first-order chi connectivity index (χ1) is 32.7. The Labute approximate surface area is 390 Å². The Morgan fingerprint density at radius 3 is 2.21 bits per heavy atom. The van der Waals surface area contributed by atoms with E-state index in [4.69, 9.17) is 4.98 Å². The summed E-state index contributed by atoms with van der Waals surface area (Å²) in [5.74, 6) is 0.211. The van der Waals surface area contributed by atoms with Gasteiger partial charge in [0.1, 0.15) is 0 Å². The van der Waals surface area contributed by atoms with Gasteiger partial charge in [0, 0.05) is 69.8 Å². The predicted octanol–water partition coefficient (Wildman–Crippen LogP) is 16.4. The van der Waals surface area contributed by atoms with Gasteiger partial charge in [-0.15, -0.1) is 23.1 Å². The smallest absolute Gasteiger partial charge is 0.0703 e. The molecule has 0 radical (unpaired) electrons. The van der Waals surface area contributed by atoms with E-state index in [-0.39, 0.29) is 17.2 Å². The molecule has 3 aromatic heterocycles. The van der Waals surface area contributed by atoms with Crippen molar-refractivity contribution in [2.75, 3.05) is 4.90 Å². The number of nitrogens with one attached hydrogen (secondary N) is 1. The zero-order chi connectivity index (χ0) is 43.3. The van der Waals surface area contributed by atoms with Crippen LogP contribution < -0.4 is 10.2 Å². The average Bonchev–Trinajstić information content (AvgIpc) is 4.08. The van der Waals surface area contributed by atoms with Gasteiger partial charge >= 0.3 is 0 Å². The van der Waals surface area contributed by atoms with E-state index in [9.17, 15) is 0 Å². The fourth-order valence-electron chi connectivity index (χ4n) is 11.0. The maximum Gasteiger partial charge on any atom is 0.0703 e. The first-order valence-corrected chi connectivity index (χ1v) is 24.3. The highest BCUT2D eigenvalue weighted by molar-refractivity contribution is 8.00. The van der Waals surface area contributed by atoms with Crippen LogP contribution in [0.5, 0.6) is 0 Å². The Balaban J connectivity index is 0.950. The second-order valence-electron chi connectivity index (χ2n) is 17.4. The zero-order valence-electron chi connectivity index (χ0n) is 35.7. The number of dihydropyridines is 1. The minimum absolute atomic E-state index is 0.0306. The first kappa shape index (κ1) is 37.7. The maximum atomic E-state index is 5.08. The van der Waals surface area contributed by atoms with E-state index >= 15 is 0 Å². The Morgan fingerprint density at radius 2 is 1.36 bits per heavy atom. The highest BCUT2D eigenvalue weighted by Crippen LogP contribution is 2.65. The molecule has 3 unspecified atom stereocenters. The highest BCUT2D eigenvalue weighted by atomic mass is 32.2. The molecule has 0 saturated heterocycles. The quantitative estimate of drug-likeness (QED) is 0.180. The second-order valence-corrected chi connectivity index (χ2v) is 19.7. The molecular weight excluding hydrogens is 841 g/mol. The fourth-order valence-corrected chi connectivity index (χ4v) is 13.8. The molecule has 3 aliphatic rings. The van der Waals surface area contributed by atoms with Gasteiger partial charge < -0.3 is 14.8 Å². The van der Waals surface area contributed by atoms with Crippen molar-refractivity contribution in [3.05, 3.63) is 241 Å². The van der Waals surface area contributed by atoms with Crippen LogP contribution in [0.3, 0.4) is 0 Å². The van der Waals surface area contributed by atoms with Crippen molar-refractivity contribution in [3.8, 4) is 28.2 Å². The van der Waals surface area contributed by atoms with E-state index in [1.807, 2.05) is 29.3 Å². The molecule has 312 valence electrons. The van der Waals surface area contributed by atoms with Crippen LogP contribution in [0.2, 0.25) is 0 Å². The van der Waals surface area contributed by atoms with Gasteiger partial charge in [-0.2, -0.15) is 0 Å². The molecule has 1 N–H and O–H groups in total. The number of allylic oxidation sites excluding steroid dienone is 2. The lowest BCUT2D eigenvalue weighted by Gasteiger charge is -2.30. The molecule has 5 heterocycles. The second kappa shape index (κ2) is 15.0. The molecule has 3 atom stereocenters. The molecule has 66 heavy (non-hydrogen) atoms. The minimum Gasteiger partial charge on any atom is -0.381 e. The summed E-state index contributed by atoms with van der Waals surface area (Å²) >= 11 is 3.91. The van der Waals surface area contributed by atoms with Crippen molar-refractivity contribution < 1.29 is 0 Å². The topological polar surface area (TPSA) is 33.1 Å². The Kier molecular flexibility index (Phi) is 8.55. The number of hydrogen-bond donors (Lipinski definition) is 1. The number of nitrogens with zero attached hydrogens (tertiary/aromatic N) is 3. The summed E-state index contributed by atoms with van der Waals surface area (Å²) in [5, 5.41) is 10.4. The lowest BCUT2D eigenvalue weighted by Crippen LogP contribution is -2.16. The van der Waals surface area contributed by atoms with Crippen LogP contribution in [-0.4, -0.2) is 9.55 Å². The minimum atomic E-state index is 0.0306. The standard InChI is InChI=1S/C60H40N4S2/c1-3-15-37(16-4-1)50-31-28-41(36-62-50)63(42-34-49(51-23-13-14-32-61-51)55-47-22-10-12-25-53(47)65-54(55)35-42)40-27-30-43-38(33-40)26-29-48-57-56-46-21-9-11-24-52(46)64(39-17-5-2-6-18-39)58(56)44-19-7-8-20-45(44)60(57)66-59(43)48/h1-36,51,57,60-61H. The SMILES string of the molecule is C1=CNC(c2cc(N(c3ccc(-c4ccccc4)nc3)c3ccc4c5c(ccc4c3)C3c4c(n(-c6ccccc6)c6ccccc46)-c4ccccc4C3S5)cc3sc4ccccc4c23)C=C1. The molecule has 11 aromatic rings. The van der Waals surface area contributed by atoms with Gasteiger partial charge in [0.05, 0.1) is 34.8 Å². The van der Waals surface area contributed by atoms with Crippen LogP contribution in [0.1, 0.15) is 39.5 Å². The van der Waals surface area contributed by atoms with Gasteiger partial charge in [0.25, 0.3) is 0 Å². The van der Waals surface area contributed by atoms with E-state index in [1.165, 1.54) is 85.9 Å². The fraction of sp³-hybridized carbons (Fsp3) is 0.0500. The van der Waals surface area contributed by atoms with Crippen molar-refractivity contribution >= 4 is 82.0 Å². The van der Waals surface area contributed by atoms with E-state index in [0.717, 1.165) is 28.3 Å². The summed E-state index contributed by atoms with van der Waals surface area (Å²) in [6.45, 7) is 0. The van der Waals surface area contributed by atoms with E-state index in [0.29, 0.717) is 0 Å². The molecule has 4 nitrogen and oxygen atoms in total. The molecule has 2 aliphatic heterocycles. The molecule has 8 aromatic carbocycles. The van der Waals surface area contributed by atoms with Gasteiger partial charge in [0.15, 0.2) is 0 Å². The Hall–Kier alpha value is -7.64. The largest absolute Gasteiger partial charge is 0.381 e. The number of hydrogen-bond acceptors (Lipinski definition) is 5. The maximum absolute atomic E-state index is 5.08. The third-order valence-electron chi connectivity index (χ3n) is 13.8. The monoisotopic (exact) mass is 880 g/mol. The van der Waals surface area contributed by atoms with E-state index < -0.39 is 0 Å². The summed E-state index contributed by atoms with van der Waals surface area (Å²) in [5.41, 5.74) is 15.8. The number of benzene rings is 8. The predicted molar refractivity (Wildman–Crippen MR) is 278 cm³/mol. The van der Waals surface area contributed by atoms with Gasteiger partial charge in [-0.05, 0) is 106 Å². The summed E-state index contributed by atoms with van der Waals surface area (Å²) in [6.07, 6.45) is 10.6. The molecule has 1 aliphatic carbocycles. The molecule has 14 rings (SSSR count). The number of thioether (sulfide) groups is 1. The summed E-state index contributed by atoms with van der Waals surface area (Å²) in [4.78, 5) is 8.87. The van der Waals surface area contributed by atoms with Gasteiger partial charge in [-0.25, -0.2) is 0 Å². The van der Waals surface area contributed by atoms with Crippen molar-refractivity contribution in [3.63, 3.8) is 0 Å². The lowest BCUT2D eigenvalue weighted by molar-refractivity contribution is 0.753. The van der Waals surface area contributed by atoms with Gasteiger partial charge in [-0.1, -0.05) is 140 Å². The number of aromatic nitrogens is 2. The summed E-state index contributed by atoms with van der Waals surface area (Å²) in [6, 6.07) is 69.3. The Morgan fingerprint density at radius 1 is 0.576 bits per heavy atom. The van der Waals surface area contributed by atoms with Crippen LogP contribution in [-0.2, 0) is 0 Å². The van der Waals surface area contributed by atoms with E-state index in [2.05, 4.69) is 227 Å². The highest BCUT2D eigenvalue weighted by Gasteiger charge is 2.44. The lowest BCUT2D eigenvalue weighted by atomic mass is 9.77. The van der Waals surface area contributed by atoms with Crippen LogP contribution in [0.15, 0.2) is 224 Å². The Bertz CT molecular complexity index is 3790. The zero-order valence-corrected chi connectivity index (χ0v) is 37.3. The van der Waals surface area contributed by atoms with Crippen LogP contribution in [0.4, 0.5) is 17.1 Å². The van der Waals surface area contributed by atoms with Crippen molar-refractivity contribution in [1.29, 1.82) is 0 Å². The number of anilines is 3. The van der Waals surface area contributed by atoms with Crippen molar-refractivity contribution in [1.82, 2.24) is 14.9 Å². The van der Waals surface area contributed by atoms with E-state index in [1.54, 1.807) is 0 Å². The normalized spacial score (nSPS) is 16.9. The van der Waals surface area contributed by atoms with Crippen molar-refractivity contribution in [2.24, 2.45) is 0 Å². The van der Waals surface area contributed by atoms with Crippen LogP contribution in [0, 0.1) is 0 Å². The molecule has 0 saturated carbocycles. The molecule has 6 heteroatoms. The first-order valence-electron chi connectivity index (χ1n) is 22.6. The number of thiophene rings is 1. The molecule has 0 amide bonds. The molecular formula is C60H40N4S2. The van der Waals surface area contributed by atoms with Crippen LogP contribution >= 0.6 is 23.1 Å². The van der Waals surface area contributed by atoms with Crippen molar-refractivity contribution in [2.45, 2.75) is 22.1 Å². The molecule has 0 bridgehead atoms. The summed E-state index contributed by atoms with van der Waals surface area (Å²) < 4.78 is 5.06. The number of pyridine rings is 1. The number of para-hydroxylation sites is 2. The average molecular weight is 881 g/mol. The molecule has 0 fully saturated rings. The van der Waals surface area contributed by atoms with Gasteiger partial charge in [0.2, 0.25) is 0 Å². The third kappa shape index (κ3) is 5.75. The third-order valence-corrected chi connectivity index (χ3v) is 16.4. The summed E-state index contributed by atoms with van der Waals surface area (Å²) in [7, 11) is 0. The van der Waals surface area contributed by atoms with Crippen LogP contribution in [0.25, 0.3) is 70.0 Å². The number of rotatable bonds is 6. The van der Waals surface area contributed by atoms with Gasteiger partial charge in [-0.3, -0.25) is 4.98 Å².